The summed E-state index contributed by atoms with van der Waals surface area (Å²) in [5.41, 5.74) is 1.10. The lowest BCUT2D eigenvalue weighted by Gasteiger charge is -2.31. The number of aliphatic hydroxyl groups excluding tert-OH is 1. The molecule has 1 aliphatic rings. The molecule has 0 radical (unpaired) electrons. The van der Waals surface area contributed by atoms with Gasteiger partial charge >= 0.3 is 5.97 Å². The van der Waals surface area contributed by atoms with Gasteiger partial charge in [-0.3, -0.25) is 4.79 Å². The van der Waals surface area contributed by atoms with Crippen molar-refractivity contribution in [1.29, 1.82) is 0 Å². The molecule has 0 heterocycles. The highest BCUT2D eigenvalue weighted by Gasteiger charge is 2.28. The number of rotatable bonds is 6. The summed E-state index contributed by atoms with van der Waals surface area (Å²) >= 11 is 0. The number of carbonyl (C=O) groups excluding carboxylic acids is 1. The summed E-state index contributed by atoms with van der Waals surface area (Å²) in [5.74, 6) is -0.00924. The molecule has 1 fully saturated rings. The van der Waals surface area contributed by atoms with Crippen molar-refractivity contribution in [3.05, 3.63) is 35.9 Å². The van der Waals surface area contributed by atoms with E-state index in [0.717, 1.165) is 31.2 Å². The average molecular weight is 291 g/mol. The highest BCUT2D eigenvalue weighted by atomic mass is 16.5. The van der Waals surface area contributed by atoms with Gasteiger partial charge in [-0.05, 0) is 38.2 Å². The van der Waals surface area contributed by atoms with E-state index in [4.69, 9.17) is 4.74 Å². The van der Waals surface area contributed by atoms with Crippen LogP contribution in [-0.2, 0) is 9.53 Å². The van der Waals surface area contributed by atoms with Crippen molar-refractivity contribution in [2.24, 2.45) is 5.92 Å². The van der Waals surface area contributed by atoms with Crippen LogP contribution in [-0.4, -0.2) is 30.3 Å². The Labute approximate surface area is 126 Å². The van der Waals surface area contributed by atoms with Gasteiger partial charge in [0.1, 0.15) is 0 Å². The Morgan fingerprint density at radius 1 is 1.29 bits per heavy atom. The van der Waals surface area contributed by atoms with Crippen LogP contribution < -0.4 is 5.32 Å². The molecule has 4 nitrogen and oxygen atoms in total. The Kier molecular flexibility index (Phi) is 6.21. The van der Waals surface area contributed by atoms with Crippen LogP contribution in [0.1, 0.15) is 44.2 Å². The molecule has 116 valence electrons. The molecular weight excluding hydrogens is 266 g/mol. The molecule has 4 heteroatoms. The number of benzene rings is 1. The van der Waals surface area contributed by atoms with Crippen LogP contribution in [0.2, 0.25) is 0 Å². The molecule has 0 saturated heterocycles. The van der Waals surface area contributed by atoms with Crippen LogP contribution in [0, 0.1) is 5.92 Å². The Morgan fingerprint density at radius 2 is 1.95 bits per heavy atom. The molecule has 1 aliphatic carbocycles. The molecule has 1 aromatic rings. The summed E-state index contributed by atoms with van der Waals surface area (Å²) in [6.07, 6.45) is 3.63. The highest BCUT2D eigenvalue weighted by molar-refractivity contribution is 5.72. The van der Waals surface area contributed by atoms with Crippen LogP contribution in [0.5, 0.6) is 0 Å². The first-order valence-electron chi connectivity index (χ1n) is 7.83. The van der Waals surface area contributed by atoms with Crippen LogP contribution in [0.4, 0.5) is 0 Å². The number of nitrogens with one attached hydrogen (secondary N) is 1. The van der Waals surface area contributed by atoms with E-state index >= 15 is 0 Å². The van der Waals surface area contributed by atoms with E-state index in [-0.39, 0.29) is 24.5 Å². The van der Waals surface area contributed by atoms with Gasteiger partial charge in [0.2, 0.25) is 0 Å². The minimum absolute atomic E-state index is 0.0321. The second kappa shape index (κ2) is 8.15. The molecule has 0 aliphatic heterocycles. The summed E-state index contributed by atoms with van der Waals surface area (Å²) in [6, 6.07) is 10.3. The Hall–Kier alpha value is -1.39. The van der Waals surface area contributed by atoms with Crippen LogP contribution in [0.25, 0.3) is 0 Å². The molecule has 21 heavy (non-hydrogen) atoms. The van der Waals surface area contributed by atoms with Gasteiger partial charge < -0.3 is 15.2 Å². The second-order valence-corrected chi connectivity index (χ2v) is 5.61. The zero-order chi connectivity index (χ0) is 15.1. The first kappa shape index (κ1) is 16.0. The maximum absolute atomic E-state index is 11.7. The number of hydrogen-bond acceptors (Lipinski definition) is 4. The number of aliphatic hydroxyl groups is 1. The fraction of sp³-hybridized carbons (Fsp3) is 0.588. The number of hydrogen-bond donors (Lipinski definition) is 2. The van der Waals surface area contributed by atoms with Crippen molar-refractivity contribution in [3.63, 3.8) is 0 Å². The van der Waals surface area contributed by atoms with Gasteiger partial charge in [0.25, 0.3) is 0 Å². The van der Waals surface area contributed by atoms with Crippen LogP contribution in [0.3, 0.4) is 0 Å². The van der Waals surface area contributed by atoms with Crippen molar-refractivity contribution in [3.8, 4) is 0 Å². The third-order valence-corrected chi connectivity index (χ3v) is 4.17. The molecule has 0 bridgehead atoms. The normalized spacial score (nSPS) is 23.5. The van der Waals surface area contributed by atoms with Gasteiger partial charge in [0, 0.05) is 6.04 Å². The van der Waals surface area contributed by atoms with Gasteiger partial charge in [0.05, 0.1) is 25.2 Å². The van der Waals surface area contributed by atoms with Gasteiger partial charge in [-0.2, -0.15) is 0 Å². The van der Waals surface area contributed by atoms with E-state index < -0.39 is 0 Å². The Balaban J connectivity index is 1.83. The molecular formula is C17H25NO3. The van der Waals surface area contributed by atoms with E-state index in [1.807, 2.05) is 37.3 Å². The fourth-order valence-electron chi connectivity index (χ4n) is 2.98. The zero-order valence-electron chi connectivity index (χ0n) is 12.6. The monoisotopic (exact) mass is 291 g/mol. The zero-order valence-corrected chi connectivity index (χ0v) is 12.6. The Morgan fingerprint density at radius 3 is 2.52 bits per heavy atom. The van der Waals surface area contributed by atoms with E-state index in [0.29, 0.717) is 12.6 Å². The number of carbonyl (C=O) groups is 1. The number of esters is 1. The van der Waals surface area contributed by atoms with Gasteiger partial charge in [-0.15, -0.1) is 0 Å². The van der Waals surface area contributed by atoms with Crippen molar-refractivity contribution in [1.82, 2.24) is 5.32 Å². The molecule has 1 atom stereocenters. The first-order chi connectivity index (χ1) is 10.2. The van der Waals surface area contributed by atoms with E-state index in [1.54, 1.807) is 0 Å². The maximum Gasteiger partial charge on any atom is 0.308 e. The minimum atomic E-state index is -0.0577. The van der Waals surface area contributed by atoms with Crippen molar-refractivity contribution < 1.29 is 14.6 Å². The van der Waals surface area contributed by atoms with E-state index in [9.17, 15) is 9.90 Å². The van der Waals surface area contributed by atoms with Crippen molar-refractivity contribution in [2.45, 2.75) is 44.7 Å². The van der Waals surface area contributed by atoms with Crippen molar-refractivity contribution >= 4 is 5.97 Å². The average Bonchev–Trinajstić information content (AvgIpc) is 2.54. The Bertz CT molecular complexity index is 427. The summed E-state index contributed by atoms with van der Waals surface area (Å²) < 4.78 is 5.09. The molecule has 0 amide bonds. The van der Waals surface area contributed by atoms with Crippen molar-refractivity contribution in [2.75, 3.05) is 13.2 Å². The number of ether oxygens (including phenoxy) is 1. The predicted octanol–water partition coefficient (Wildman–Crippen LogP) is 2.43. The van der Waals surface area contributed by atoms with E-state index in [2.05, 4.69) is 5.32 Å². The lowest BCUT2D eigenvalue weighted by atomic mass is 9.85. The van der Waals surface area contributed by atoms with Gasteiger partial charge in [-0.1, -0.05) is 30.3 Å². The molecule has 2 rings (SSSR count). The summed E-state index contributed by atoms with van der Waals surface area (Å²) in [7, 11) is 0. The molecule has 1 saturated carbocycles. The third-order valence-electron chi connectivity index (χ3n) is 4.17. The van der Waals surface area contributed by atoms with Gasteiger partial charge in [0.15, 0.2) is 0 Å². The lowest BCUT2D eigenvalue weighted by Crippen LogP contribution is -2.38. The first-order valence-corrected chi connectivity index (χ1v) is 7.83. The predicted molar refractivity (Wildman–Crippen MR) is 81.8 cm³/mol. The standard InChI is InChI=1S/C17H25NO3/c1-2-21-17(20)14-8-10-15(11-9-14)18-16(12-19)13-6-4-3-5-7-13/h3-7,14-16,18-19H,2,8-12H2,1H3/t14?,15?,16-/m1/s1. The maximum atomic E-state index is 11.7. The molecule has 2 N–H and O–H groups in total. The second-order valence-electron chi connectivity index (χ2n) is 5.61. The van der Waals surface area contributed by atoms with E-state index in [1.165, 1.54) is 0 Å². The largest absolute Gasteiger partial charge is 0.466 e. The van der Waals surface area contributed by atoms with Gasteiger partial charge in [-0.25, -0.2) is 0 Å². The fourth-order valence-corrected chi connectivity index (χ4v) is 2.98. The lowest BCUT2D eigenvalue weighted by molar-refractivity contribution is -0.149. The molecule has 0 aromatic heterocycles. The molecule has 0 unspecified atom stereocenters. The summed E-state index contributed by atoms with van der Waals surface area (Å²) in [4.78, 5) is 11.7. The SMILES string of the molecule is CCOC(=O)C1CCC(N[C@H](CO)c2ccccc2)CC1. The topological polar surface area (TPSA) is 58.6 Å². The summed E-state index contributed by atoms with van der Waals surface area (Å²) in [5, 5.41) is 13.1. The smallest absolute Gasteiger partial charge is 0.308 e. The van der Waals surface area contributed by atoms with Crippen LogP contribution >= 0.6 is 0 Å². The molecule has 0 spiro atoms. The molecule has 1 aromatic carbocycles. The van der Waals surface area contributed by atoms with Crippen LogP contribution in [0.15, 0.2) is 30.3 Å². The quantitative estimate of drug-likeness (QED) is 0.790. The summed E-state index contributed by atoms with van der Waals surface area (Å²) in [6.45, 7) is 2.39. The minimum Gasteiger partial charge on any atom is -0.466 e. The highest BCUT2D eigenvalue weighted by Crippen LogP contribution is 2.27. The third kappa shape index (κ3) is 4.55.